The molecule has 0 saturated carbocycles. The molecule has 0 aromatic carbocycles. The van der Waals surface area contributed by atoms with Crippen molar-refractivity contribution in [1.82, 2.24) is 4.98 Å². The van der Waals surface area contributed by atoms with Crippen molar-refractivity contribution in [2.24, 2.45) is 0 Å². The highest BCUT2D eigenvalue weighted by Crippen LogP contribution is 2.26. The molecule has 17 heavy (non-hydrogen) atoms. The van der Waals surface area contributed by atoms with Gasteiger partial charge in [0, 0.05) is 19.4 Å². The molecule has 1 saturated heterocycles. The summed E-state index contributed by atoms with van der Waals surface area (Å²) in [6.07, 6.45) is 0.852. The van der Waals surface area contributed by atoms with Gasteiger partial charge in [-0.2, -0.15) is 0 Å². The third kappa shape index (κ3) is 2.51. The van der Waals surface area contributed by atoms with Gasteiger partial charge >= 0.3 is 5.69 Å². The van der Waals surface area contributed by atoms with E-state index in [0.717, 1.165) is 0 Å². The zero-order valence-corrected chi connectivity index (χ0v) is 9.24. The molecule has 1 aliphatic heterocycles. The van der Waals surface area contributed by atoms with Crippen LogP contribution in [0.2, 0.25) is 0 Å². The molecule has 2 heterocycles. The number of nitro groups is 1. The number of nitrogens with zero attached hydrogens (tertiary/aromatic N) is 2. The van der Waals surface area contributed by atoms with Crippen LogP contribution >= 0.6 is 0 Å². The summed E-state index contributed by atoms with van der Waals surface area (Å²) in [6.45, 7) is 0.758. The van der Waals surface area contributed by atoms with Crippen molar-refractivity contribution in [3.8, 4) is 5.88 Å². The normalized spacial score (nSPS) is 23.6. The molecular weight excluding hydrogens is 228 g/mol. The van der Waals surface area contributed by atoms with Gasteiger partial charge in [-0.15, -0.1) is 0 Å². The molecule has 1 aromatic heterocycles. The standard InChI is InChI=1S/C10H12N2O5/c1-15-8-5-16-6-9(8)17-10-7(12(13)14)3-2-4-11-10/h2-4,8-9H,5-6H2,1H3/t8-,9+/m1/s1. The minimum Gasteiger partial charge on any atom is -0.464 e. The maximum atomic E-state index is 10.8. The molecule has 1 aliphatic rings. The molecule has 7 nitrogen and oxygen atoms in total. The van der Waals surface area contributed by atoms with Crippen molar-refractivity contribution in [1.29, 1.82) is 0 Å². The maximum absolute atomic E-state index is 10.8. The second-order valence-electron chi connectivity index (χ2n) is 3.55. The van der Waals surface area contributed by atoms with Crippen molar-refractivity contribution < 1.29 is 19.1 Å². The van der Waals surface area contributed by atoms with E-state index in [0.29, 0.717) is 13.2 Å². The number of hydrogen-bond acceptors (Lipinski definition) is 6. The Morgan fingerprint density at radius 3 is 3.00 bits per heavy atom. The first-order valence-electron chi connectivity index (χ1n) is 5.09. The van der Waals surface area contributed by atoms with Crippen molar-refractivity contribution in [3.63, 3.8) is 0 Å². The van der Waals surface area contributed by atoms with Gasteiger partial charge in [-0.3, -0.25) is 10.1 Å². The van der Waals surface area contributed by atoms with Gasteiger partial charge in [0.05, 0.1) is 18.1 Å². The van der Waals surface area contributed by atoms with Gasteiger partial charge in [0.15, 0.2) is 6.10 Å². The highest BCUT2D eigenvalue weighted by molar-refractivity contribution is 5.39. The number of methoxy groups -OCH3 is 1. The average molecular weight is 240 g/mol. The monoisotopic (exact) mass is 240 g/mol. The van der Waals surface area contributed by atoms with Gasteiger partial charge in [-0.25, -0.2) is 4.98 Å². The Labute approximate surface area is 97.5 Å². The molecule has 0 N–H and O–H groups in total. The molecule has 0 spiro atoms. The number of hydrogen-bond donors (Lipinski definition) is 0. The molecule has 0 aliphatic carbocycles. The Balaban J connectivity index is 2.15. The molecule has 0 amide bonds. The Bertz CT molecular complexity index is 411. The molecule has 2 atom stereocenters. The van der Waals surface area contributed by atoms with E-state index < -0.39 is 4.92 Å². The zero-order chi connectivity index (χ0) is 12.3. The van der Waals surface area contributed by atoms with Crippen LogP contribution in [0.4, 0.5) is 5.69 Å². The van der Waals surface area contributed by atoms with Crippen LogP contribution in [0.15, 0.2) is 18.3 Å². The fourth-order valence-corrected chi connectivity index (χ4v) is 1.60. The lowest BCUT2D eigenvalue weighted by Crippen LogP contribution is -2.32. The second kappa shape index (κ2) is 5.07. The molecule has 0 bridgehead atoms. The van der Waals surface area contributed by atoms with Gasteiger partial charge < -0.3 is 14.2 Å². The van der Waals surface area contributed by atoms with E-state index in [1.54, 1.807) is 7.11 Å². The van der Waals surface area contributed by atoms with Gasteiger partial charge in [-0.1, -0.05) is 0 Å². The minimum absolute atomic E-state index is 0.00458. The Hall–Kier alpha value is -1.73. The lowest BCUT2D eigenvalue weighted by molar-refractivity contribution is -0.386. The summed E-state index contributed by atoms with van der Waals surface area (Å²) >= 11 is 0. The minimum atomic E-state index is -0.528. The Kier molecular flexibility index (Phi) is 3.50. The molecule has 0 radical (unpaired) electrons. The molecule has 1 aromatic rings. The van der Waals surface area contributed by atoms with Crippen LogP contribution in [0.25, 0.3) is 0 Å². The highest BCUT2D eigenvalue weighted by Gasteiger charge is 2.32. The Morgan fingerprint density at radius 2 is 2.29 bits per heavy atom. The first-order chi connectivity index (χ1) is 8.22. The summed E-state index contributed by atoms with van der Waals surface area (Å²) in [4.78, 5) is 14.1. The van der Waals surface area contributed by atoms with E-state index in [-0.39, 0.29) is 23.8 Å². The lowest BCUT2D eigenvalue weighted by Gasteiger charge is -2.16. The van der Waals surface area contributed by atoms with Crippen molar-refractivity contribution in [2.45, 2.75) is 12.2 Å². The third-order valence-corrected chi connectivity index (χ3v) is 2.49. The van der Waals surface area contributed by atoms with Crippen molar-refractivity contribution in [2.75, 3.05) is 20.3 Å². The number of pyridine rings is 1. The van der Waals surface area contributed by atoms with Crippen LogP contribution < -0.4 is 4.74 Å². The SMILES string of the molecule is CO[C@@H]1COC[C@@H]1Oc1ncccc1[N+](=O)[O-]. The summed E-state index contributed by atoms with van der Waals surface area (Å²) in [5, 5.41) is 10.8. The fourth-order valence-electron chi connectivity index (χ4n) is 1.60. The Morgan fingerprint density at radius 1 is 1.53 bits per heavy atom. The average Bonchev–Trinajstić information content (AvgIpc) is 2.77. The molecule has 7 heteroatoms. The fraction of sp³-hybridized carbons (Fsp3) is 0.500. The largest absolute Gasteiger partial charge is 0.464 e. The molecule has 1 fully saturated rings. The number of aromatic nitrogens is 1. The van der Waals surface area contributed by atoms with Crippen LogP contribution in [0.1, 0.15) is 0 Å². The first-order valence-corrected chi connectivity index (χ1v) is 5.09. The van der Waals surface area contributed by atoms with Crippen LogP contribution in [-0.2, 0) is 9.47 Å². The van der Waals surface area contributed by atoms with Crippen LogP contribution in [0.5, 0.6) is 5.88 Å². The van der Waals surface area contributed by atoms with E-state index in [9.17, 15) is 10.1 Å². The number of rotatable bonds is 4. The third-order valence-electron chi connectivity index (χ3n) is 2.49. The van der Waals surface area contributed by atoms with Crippen LogP contribution in [0.3, 0.4) is 0 Å². The second-order valence-corrected chi connectivity index (χ2v) is 3.55. The zero-order valence-electron chi connectivity index (χ0n) is 9.24. The quantitative estimate of drug-likeness (QED) is 0.571. The highest BCUT2D eigenvalue weighted by atomic mass is 16.6. The van der Waals surface area contributed by atoms with E-state index in [1.807, 2.05) is 0 Å². The lowest BCUT2D eigenvalue weighted by atomic mass is 10.2. The predicted octanol–water partition coefficient (Wildman–Crippen LogP) is 0.782. The summed E-state index contributed by atoms with van der Waals surface area (Å²) in [6, 6.07) is 2.84. The molecule has 0 unspecified atom stereocenters. The van der Waals surface area contributed by atoms with Crippen LogP contribution in [-0.4, -0.2) is 42.4 Å². The van der Waals surface area contributed by atoms with Crippen LogP contribution in [0, 0.1) is 10.1 Å². The predicted molar refractivity (Wildman–Crippen MR) is 56.9 cm³/mol. The van der Waals surface area contributed by atoms with Gasteiger partial charge in [0.1, 0.15) is 6.10 Å². The van der Waals surface area contributed by atoms with E-state index >= 15 is 0 Å². The first kappa shape index (κ1) is 11.7. The van der Waals surface area contributed by atoms with E-state index in [1.165, 1.54) is 18.3 Å². The smallest absolute Gasteiger partial charge is 0.330 e. The van der Waals surface area contributed by atoms with E-state index in [4.69, 9.17) is 14.2 Å². The van der Waals surface area contributed by atoms with Gasteiger partial charge in [-0.05, 0) is 6.07 Å². The summed E-state index contributed by atoms with van der Waals surface area (Å²) < 4.78 is 15.8. The molecule has 92 valence electrons. The summed E-state index contributed by atoms with van der Waals surface area (Å²) in [7, 11) is 1.54. The van der Waals surface area contributed by atoms with Crippen molar-refractivity contribution in [3.05, 3.63) is 28.4 Å². The molecular formula is C10H12N2O5. The topological polar surface area (TPSA) is 83.7 Å². The maximum Gasteiger partial charge on any atom is 0.330 e. The number of ether oxygens (including phenoxy) is 3. The van der Waals surface area contributed by atoms with E-state index in [2.05, 4.69) is 4.98 Å². The molecule has 2 rings (SSSR count). The summed E-state index contributed by atoms with van der Waals surface area (Å²) in [5.41, 5.74) is -0.158. The summed E-state index contributed by atoms with van der Waals surface area (Å²) in [5.74, 6) is -0.00458. The van der Waals surface area contributed by atoms with Crippen molar-refractivity contribution >= 4 is 5.69 Å². The van der Waals surface area contributed by atoms with Gasteiger partial charge in [0.2, 0.25) is 0 Å². The van der Waals surface area contributed by atoms with Gasteiger partial charge in [0.25, 0.3) is 5.88 Å².